The Hall–Kier alpha value is -3.40. The van der Waals surface area contributed by atoms with Gasteiger partial charge in [0, 0.05) is 16.1 Å². The first kappa shape index (κ1) is 23.3. The zero-order valence-corrected chi connectivity index (χ0v) is 18.5. The molecule has 0 aromatic heterocycles. The number of carbonyl (C=O) groups excluding carboxylic acids is 2. The van der Waals surface area contributed by atoms with Crippen LogP contribution < -0.4 is 20.3 Å². The van der Waals surface area contributed by atoms with Gasteiger partial charge < -0.3 is 4.74 Å². The predicted molar refractivity (Wildman–Crippen MR) is 120 cm³/mol. The molecule has 8 nitrogen and oxygen atoms in total. The third-order valence-electron chi connectivity index (χ3n) is 4.40. The monoisotopic (exact) mass is 473 g/mol. The van der Waals surface area contributed by atoms with E-state index in [0.717, 1.165) is 5.56 Å². The molecular formula is C22H20ClN3O5S. The number of hydrogen-bond acceptors (Lipinski definition) is 5. The fraction of sp³-hybridized carbons (Fsp3) is 0.0909. The smallest absolute Gasteiger partial charge is 0.269 e. The molecule has 0 atom stereocenters. The lowest BCUT2D eigenvalue weighted by molar-refractivity contribution is 0.0846. The van der Waals surface area contributed by atoms with Crippen molar-refractivity contribution in [3.05, 3.63) is 94.5 Å². The minimum Gasteiger partial charge on any atom is -0.489 e. The van der Waals surface area contributed by atoms with E-state index in [1.807, 2.05) is 0 Å². The fourth-order valence-electron chi connectivity index (χ4n) is 2.63. The maximum atomic E-state index is 12.3. The molecule has 0 saturated carbocycles. The summed E-state index contributed by atoms with van der Waals surface area (Å²) in [6.07, 6.45) is 0. The molecule has 0 heterocycles. The lowest BCUT2D eigenvalue weighted by atomic mass is 10.1. The maximum absolute atomic E-state index is 12.3. The normalized spacial score (nSPS) is 10.9. The van der Waals surface area contributed by atoms with Gasteiger partial charge in [-0.05, 0) is 67.2 Å². The SMILES string of the molecule is CNS(=O)(=O)c1cccc(C(=O)NNC(=O)c2ccc(COc3ccc(Cl)cc3)cc2)c1. The minimum atomic E-state index is -3.69. The number of benzene rings is 3. The van der Waals surface area contributed by atoms with Crippen molar-refractivity contribution >= 4 is 33.4 Å². The van der Waals surface area contributed by atoms with E-state index in [1.165, 1.54) is 31.3 Å². The predicted octanol–water partition coefficient (Wildman–Crippen LogP) is 2.90. The second kappa shape index (κ2) is 10.3. The Kier molecular flexibility index (Phi) is 7.47. The van der Waals surface area contributed by atoms with Gasteiger partial charge >= 0.3 is 0 Å². The summed E-state index contributed by atoms with van der Waals surface area (Å²) in [6, 6.07) is 19.1. The summed E-state index contributed by atoms with van der Waals surface area (Å²) in [6.45, 7) is 0.312. The summed E-state index contributed by atoms with van der Waals surface area (Å²) in [5.41, 5.74) is 5.83. The largest absolute Gasteiger partial charge is 0.489 e. The molecule has 0 aliphatic rings. The molecule has 3 aromatic rings. The summed E-state index contributed by atoms with van der Waals surface area (Å²) >= 11 is 5.84. The summed E-state index contributed by atoms with van der Waals surface area (Å²) in [7, 11) is -2.42. The van der Waals surface area contributed by atoms with Gasteiger partial charge in [-0.3, -0.25) is 20.4 Å². The van der Waals surface area contributed by atoms with E-state index in [2.05, 4.69) is 15.6 Å². The fourth-order valence-corrected chi connectivity index (χ4v) is 3.53. The average Bonchev–Trinajstić information content (AvgIpc) is 2.82. The highest BCUT2D eigenvalue weighted by molar-refractivity contribution is 7.89. The molecule has 3 rings (SSSR count). The van der Waals surface area contributed by atoms with Crippen molar-refractivity contribution in [2.45, 2.75) is 11.5 Å². The molecule has 32 heavy (non-hydrogen) atoms. The van der Waals surface area contributed by atoms with Crippen LogP contribution in [0.15, 0.2) is 77.7 Å². The van der Waals surface area contributed by atoms with E-state index in [9.17, 15) is 18.0 Å². The Morgan fingerprint density at radius 1 is 0.875 bits per heavy atom. The molecule has 2 amide bonds. The molecule has 10 heteroatoms. The highest BCUT2D eigenvalue weighted by Crippen LogP contribution is 2.17. The van der Waals surface area contributed by atoms with E-state index < -0.39 is 21.8 Å². The first-order chi connectivity index (χ1) is 15.3. The molecular weight excluding hydrogens is 454 g/mol. The molecule has 0 bridgehead atoms. The van der Waals surface area contributed by atoms with E-state index in [4.69, 9.17) is 16.3 Å². The molecule has 0 aliphatic carbocycles. The zero-order chi connectivity index (χ0) is 23.1. The average molecular weight is 474 g/mol. The van der Waals surface area contributed by atoms with Crippen molar-refractivity contribution in [1.29, 1.82) is 0 Å². The van der Waals surface area contributed by atoms with Gasteiger partial charge in [-0.1, -0.05) is 29.8 Å². The van der Waals surface area contributed by atoms with Gasteiger partial charge in [0.15, 0.2) is 0 Å². The second-order valence-corrected chi connectivity index (χ2v) is 8.91. The quantitative estimate of drug-likeness (QED) is 0.456. The topological polar surface area (TPSA) is 114 Å². The molecule has 0 spiro atoms. The number of amides is 2. The number of rotatable bonds is 7. The third-order valence-corrected chi connectivity index (χ3v) is 6.06. The van der Waals surface area contributed by atoms with Crippen LogP contribution in [-0.4, -0.2) is 27.3 Å². The van der Waals surface area contributed by atoms with Gasteiger partial charge in [-0.25, -0.2) is 13.1 Å². The van der Waals surface area contributed by atoms with Crippen LogP contribution in [0.3, 0.4) is 0 Å². The van der Waals surface area contributed by atoms with Crippen LogP contribution in [0.25, 0.3) is 0 Å². The lowest BCUT2D eigenvalue weighted by Gasteiger charge is -2.10. The van der Waals surface area contributed by atoms with Gasteiger partial charge in [-0.2, -0.15) is 0 Å². The molecule has 0 fully saturated rings. The Morgan fingerprint density at radius 2 is 1.50 bits per heavy atom. The van der Waals surface area contributed by atoms with Crippen molar-refractivity contribution < 1.29 is 22.7 Å². The molecule has 0 aliphatic heterocycles. The second-order valence-electron chi connectivity index (χ2n) is 6.58. The van der Waals surface area contributed by atoms with Crippen molar-refractivity contribution in [3.63, 3.8) is 0 Å². The number of ether oxygens (including phenoxy) is 1. The summed E-state index contributed by atoms with van der Waals surface area (Å²) in [4.78, 5) is 24.5. The van der Waals surface area contributed by atoms with Gasteiger partial charge in [-0.15, -0.1) is 0 Å². The van der Waals surface area contributed by atoms with Crippen LogP contribution in [0.1, 0.15) is 26.3 Å². The van der Waals surface area contributed by atoms with Gasteiger partial charge in [0.05, 0.1) is 4.90 Å². The van der Waals surface area contributed by atoms with Crippen LogP contribution in [0.2, 0.25) is 5.02 Å². The van der Waals surface area contributed by atoms with Gasteiger partial charge in [0.25, 0.3) is 11.8 Å². The highest BCUT2D eigenvalue weighted by Gasteiger charge is 2.15. The number of nitrogens with one attached hydrogen (secondary N) is 3. The molecule has 0 saturated heterocycles. The van der Waals surface area contributed by atoms with E-state index in [-0.39, 0.29) is 10.5 Å². The maximum Gasteiger partial charge on any atom is 0.269 e. The first-order valence-corrected chi connectivity index (χ1v) is 11.3. The minimum absolute atomic E-state index is 0.0598. The van der Waals surface area contributed by atoms with E-state index >= 15 is 0 Å². The number of hydrogen-bond donors (Lipinski definition) is 3. The molecule has 3 aromatic carbocycles. The van der Waals surface area contributed by atoms with Crippen LogP contribution >= 0.6 is 11.6 Å². The van der Waals surface area contributed by atoms with Crippen LogP contribution in [-0.2, 0) is 16.6 Å². The van der Waals surface area contributed by atoms with E-state index in [1.54, 1.807) is 48.5 Å². The van der Waals surface area contributed by atoms with Crippen molar-refractivity contribution in [2.75, 3.05) is 7.05 Å². The number of carbonyl (C=O) groups is 2. The van der Waals surface area contributed by atoms with Crippen LogP contribution in [0.4, 0.5) is 0 Å². The Bertz CT molecular complexity index is 1210. The molecule has 166 valence electrons. The number of halogens is 1. The standard InChI is InChI=1S/C22H20ClN3O5S/c1-24-32(29,30)20-4-2-3-17(13-20)22(28)26-25-21(27)16-7-5-15(6-8-16)14-31-19-11-9-18(23)10-12-19/h2-13,24H,14H2,1H3,(H,25,27)(H,26,28). The van der Waals surface area contributed by atoms with Gasteiger partial charge in [0.2, 0.25) is 10.0 Å². The summed E-state index contributed by atoms with van der Waals surface area (Å²) < 4.78 is 31.6. The van der Waals surface area contributed by atoms with Crippen molar-refractivity contribution in [2.24, 2.45) is 0 Å². The van der Waals surface area contributed by atoms with Crippen LogP contribution in [0.5, 0.6) is 5.75 Å². The Labute approximate surface area is 190 Å². The molecule has 3 N–H and O–H groups in total. The Morgan fingerprint density at radius 3 is 2.12 bits per heavy atom. The third kappa shape index (κ3) is 6.07. The van der Waals surface area contributed by atoms with Crippen molar-refractivity contribution in [3.8, 4) is 5.75 Å². The highest BCUT2D eigenvalue weighted by atomic mass is 35.5. The van der Waals surface area contributed by atoms with Crippen LogP contribution in [0, 0.1) is 0 Å². The zero-order valence-electron chi connectivity index (χ0n) is 17.0. The van der Waals surface area contributed by atoms with Crippen molar-refractivity contribution in [1.82, 2.24) is 15.6 Å². The lowest BCUT2D eigenvalue weighted by Crippen LogP contribution is -2.41. The number of sulfonamides is 1. The van der Waals surface area contributed by atoms with E-state index in [0.29, 0.717) is 22.9 Å². The number of hydrazine groups is 1. The summed E-state index contributed by atoms with van der Waals surface area (Å²) in [5.74, 6) is -0.507. The Balaban J connectivity index is 1.55. The summed E-state index contributed by atoms with van der Waals surface area (Å²) in [5, 5.41) is 0.621. The molecule has 0 unspecified atom stereocenters. The van der Waals surface area contributed by atoms with Gasteiger partial charge in [0.1, 0.15) is 12.4 Å². The molecule has 0 radical (unpaired) electrons. The first-order valence-electron chi connectivity index (χ1n) is 9.40.